The molecule has 4 heteroatoms. The standard InChI is InChI=1S/C20H18O4/c1-24-17-12-6-11-16(23)20(17)18(13-7-3-2-4-8-13)19-14(21)9-5-10-15(19)22/h2-12,18,21-23H,1H3. The van der Waals surface area contributed by atoms with Crippen molar-refractivity contribution in [3.8, 4) is 23.0 Å². The smallest absolute Gasteiger partial charge is 0.126 e. The lowest BCUT2D eigenvalue weighted by Crippen LogP contribution is -2.06. The minimum absolute atomic E-state index is 0.0332. The zero-order chi connectivity index (χ0) is 17.1. The van der Waals surface area contributed by atoms with Crippen molar-refractivity contribution in [2.45, 2.75) is 5.92 Å². The van der Waals surface area contributed by atoms with Gasteiger partial charge in [0.05, 0.1) is 7.11 Å². The van der Waals surface area contributed by atoms with Crippen LogP contribution in [0, 0.1) is 0 Å². The summed E-state index contributed by atoms with van der Waals surface area (Å²) in [6.07, 6.45) is 0. The van der Waals surface area contributed by atoms with Gasteiger partial charge in [0.1, 0.15) is 23.0 Å². The fourth-order valence-electron chi connectivity index (χ4n) is 2.96. The predicted molar refractivity (Wildman–Crippen MR) is 91.8 cm³/mol. The van der Waals surface area contributed by atoms with E-state index < -0.39 is 5.92 Å². The van der Waals surface area contributed by atoms with Gasteiger partial charge in [-0.3, -0.25) is 0 Å². The normalized spacial score (nSPS) is 11.9. The van der Waals surface area contributed by atoms with Crippen LogP contribution >= 0.6 is 0 Å². The lowest BCUT2D eigenvalue weighted by molar-refractivity contribution is 0.395. The second-order valence-electron chi connectivity index (χ2n) is 5.45. The maximum Gasteiger partial charge on any atom is 0.126 e. The molecule has 3 aromatic carbocycles. The Bertz CT molecular complexity index is 823. The van der Waals surface area contributed by atoms with Crippen LogP contribution in [0.25, 0.3) is 0 Å². The fraction of sp³-hybridized carbons (Fsp3) is 0.100. The van der Waals surface area contributed by atoms with Gasteiger partial charge in [-0.15, -0.1) is 0 Å². The van der Waals surface area contributed by atoms with Crippen molar-refractivity contribution in [2.75, 3.05) is 7.11 Å². The molecule has 0 spiro atoms. The molecule has 0 fully saturated rings. The van der Waals surface area contributed by atoms with E-state index >= 15 is 0 Å². The third-order valence-corrected chi connectivity index (χ3v) is 4.03. The highest BCUT2D eigenvalue weighted by Gasteiger charge is 2.28. The van der Waals surface area contributed by atoms with Gasteiger partial charge in [-0.1, -0.05) is 42.5 Å². The summed E-state index contributed by atoms with van der Waals surface area (Å²) >= 11 is 0. The topological polar surface area (TPSA) is 69.9 Å². The second kappa shape index (κ2) is 6.54. The monoisotopic (exact) mass is 322 g/mol. The van der Waals surface area contributed by atoms with Crippen LogP contribution in [0.2, 0.25) is 0 Å². The molecule has 0 saturated heterocycles. The van der Waals surface area contributed by atoms with Crippen molar-refractivity contribution in [3.05, 3.63) is 83.4 Å². The Labute approximate surface area is 140 Å². The Hall–Kier alpha value is -3.14. The summed E-state index contributed by atoms with van der Waals surface area (Å²) in [4.78, 5) is 0. The second-order valence-corrected chi connectivity index (χ2v) is 5.45. The van der Waals surface area contributed by atoms with E-state index in [4.69, 9.17) is 4.74 Å². The highest BCUT2D eigenvalue weighted by molar-refractivity contribution is 5.60. The van der Waals surface area contributed by atoms with Gasteiger partial charge >= 0.3 is 0 Å². The quantitative estimate of drug-likeness (QED) is 0.635. The molecule has 3 N–H and O–H groups in total. The molecule has 0 aliphatic rings. The average molecular weight is 322 g/mol. The molecule has 1 unspecified atom stereocenters. The minimum atomic E-state index is -0.580. The van der Waals surface area contributed by atoms with Crippen molar-refractivity contribution in [1.29, 1.82) is 0 Å². The lowest BCUT2D eigenvalue weighted by Gasteiger charge is -2.23. The van der Waals surface area contributed by atoms with E-state index in [0.717, 1.165) is 5.56 Å². The Morgan fingerprint density at radius 3 is 1.79 bits per heavy atom. The van der Waals surface area contributed by atoms with Crippen molar-refractivity contribution in [2.24, 2.45) is 0 Å². The molecule has 122 valence electrons. The van der Waals surface area contributed by atoms with Crippen LogP contribution in [0.1, 0.15) is 22.6 Å². The van der Waals surface area contributed by atoms with Gasteiger partial charge in [-0.25, -0.2) is 0 Å². The Kier molecular flexibility index (Phi) is 4.29. The summed E-state index contributed by atoms with van der Waals surface area (Å²) in [5.41, 5.74) is 1.63. The fourth-order valence-corrected chi connectivity index (χ4v) is 2.96. The molecule has 0 aliphatic carbocycles. The first-order chi connectivity index (χ1) is 11.6. The zero-order valence-corrected chi connectivity index (χ0v) is 13.2. The molecule has 0 amide bonds. The first-order valence-corrected chi connectivity index (χ1v) is 7.55. The minimum Gasteiger partial charge on any atom is -0.507 e. The van der Waals surface area contributed by atoms with E-state index in [1.165, 1.54) is 19.2 Å². The van der Waals surface area contributed by atoms with Gasteiger partial charge in [-0.2, -0.15) is 0 Å². The highest BCUT2D eigenvalue weighted by atomic mass is 16.5. The van der Waals surface area contributed by atoms with Gasteiger partial charge in [0.25, 0.3) is 0 Å². The lowest BCUT2D eigenvalue weighted by atomic mass is 9.83. The van der Waals surface area contributed by atoms with Crippen LogP contribution in [-0.2, 0) is 0 Å². The third-order valence-electron chi connectivity index (χ3n) is 4.03. The van der Waals surface area contributed by atoms with Crippen molar-refractivity contribution in [3.63, 3.8) is 0 Å². The summed E-state index contributed by atoms with van der Waals surface area (Å²) in [7, 11) is 1.52. The van der Waals surface area contributed by atoms with Gasteiger partial charge < -0.3 is 20.1 Å². The molecule has 24 heavy (non-hydrogen) atoms. The van der Waals surface area contributed by atoms with E-state index in [9.17, 15) is 15.3 Å². The number of phenolic OH excluding ortho intramolecular Hbond substituents is 3. The molecular weight excluding hydrogens is 304 g/mol. The first-order valence-electron chi connectivity index (χ1n) is 7.55. The number of methoxy groups -OCH3 is 1. The van der Waals surface area contributed by atoms with Gasteiger partial charge in [0.2, 0.25) is 0 Å². The van der Waals surface area contributed by atoms with Crippen LogP contribution < -0.4 is 4.74 Å². The maximum absolute atomic E-state index is 10.5. The van der Waals surface area contributed by atoms with Crippen LogP contribution in [-0.4, -0.2) is 22.4 Å². The predicted octanol–water partition coefficient (Wildman–Crippen LogP) is 3.99. The Morgan fingerprint density at radius 2 is 1.21 bits per heavy atom. The van der Waals surface area contributed by atoms with Gasteiger partial charge in [-0.05, 0) is 29.8 Å². The first kappa shape index (κ1) is 15.7. The van der Waals surface area contributed by atoms with Crippen molar-refractivity contribution >= 4 is 0 Å². The number of benzene rings is 3. The van der Waals surface area contributed by atoms with E-state index in [2.05, 4.69) is 0 Å². The largest absolute Gasteiger partial charge is 0.507 e. The summed E-state index contributed by atoms with van der Waals surface area (Å²) < 4.78 is 5.41. The zero-order valence-electron chi connectivity index (χ0n) is 13.2. The van der Waals surface area contributed by atoms with Crippen molar-refractivity contribution < 1.29 is 20.1 Å². The summed E-state index contributed by atoms with van der Waals surface area (Å²) in [5, 5.41) is 31.2. The SMILES string of the molecule is COc1cccc(O)c1C(c1ccccc1)c1c(O)cccc1O. The number of hydrogen-bond donors (Lipinski definition) is 3. The van der Waals surface area contributed by atoms with Crippen LogP contribution in [0.3, 0.4) is 0 Å². The number of phenols is 3. The molecular formula is C20H18O4. The molecule has 0 saturated carbocycles. The number of ether oxygens (including phenoxy) is 1. The molecule has 3 aromatic rings. The number of aromatic hydroxyl groups is 3. The van der Waals surface area contributed by atoms with Crippen LogP contribution in [0.15, 0.2) is 66.7 Å². The number of hydrogen-bond acceptors (Lipinski definition) is 4. The van der Waals surface area contributed by atoms with E-state index in [1.807, 2.05) is 30.3 Å². The summed E-state index contributed by atoms with van der Waals surface area (Å²) in [5.74, 6) is -0.163. The molecule has 0 bridgehead atoms. The molecule has 1 atom stereocenters. The maximum atomic E-state index is 10.5. The van der Waals surface area contributed by atoms with Crippen LogP contribution in [0.4, 0.5) is 0 Å². The van der Waals surface area contributed by atoms with E-state index in [1.54, 1.807) is 24.3 Å². The Morgan fingerprint density at radius 1 is 0.667 bits per heavy atom. The van der Waals surface area contributed by atoms with Crippen LogP contribution in [0.5, 0.6) is 23.0 Å². The third kappa shape index (κ3) is 2.74. The summed E-state index contributed by atoms with van der Waals surface area (Å²) in [6.45, 7) is 0. The van der Waals surface area contributed by atoms with E-state index in [-0.39, 0.29) is 17.2 Å². The molecule has 0 aromatic heterocycles. The molecule has 0 radical (unpaired) electrons. The van der Waals surface area contributed by atoms with E-state index in [0.29, 0.717) is 16.9 Å². The highest BCUT2D eigenvalue weighted by Crippen LogP contribution is 2.47. The van der Waals surface area contributed by atoms with Gasteiger partial charge in [0.15, 0.2) is 0 Å². The molecule has 4 nitrogen and oxygen atoms in total. The molecule has 0 aliphatic heterocycles. The Balaban J connectivity index is 2.33. The molecule has 3 rings (SSSR count). The van der Waals surface area contributed by atoms with Crippen molar-refractivity contribution in [1.82, 2.24) is 0 Å². The molecule has 0 heterocycles. The number of rotatable bonds is 4. The summed E-state index contributed by atoms with van der Waals surface area (Å²) in [6, 6.07) is 18.9. The van der Waals surface area contributed by atoms with Gasteiger partial charge in [0, 0.05) is 17.0 Å². The average Bonchev–Trinajstić information content (AvgIpc) is 2.59.